The average molecular weight is 386 g/mol. The van der Waals surface area contributed by atoms with Crippen molar-refractivity contribution in [2.24, 2.45) is 17.8 Å². The molecule has 2 aromatic rings. The number of carbonyl (C=O) groups excluding carboxylic acids is 2. The Balaban J connectivity index is 1.21. The van der Waals surface area contributed by atoms with Crippen molar-refractivity contribution >= 4 is 28.3 Å². The van der Waals surface area contributed by atoms with E-state index in [2.05, 4.69) is 20.8 Å². The lowest BCUT2D eigenvalue weighted by atomic mass is 9.50. The van der Waals surface area contributed by atoms with Crippen LogP contribution < -0.4 is 10.6 Å². The van der Waals surface area contributed by atoms with Gasteiger partial charge in [0, 0.05) is 5.41 Å². The van der Waals surface area contributed by atoms with Crippen molar-refractivity contribution in [3.05, 3.63) is 29.2 Å². The lowest BCUT2D eigenvalue weighted by Crippen LogP contribution is -2.48. The van der Waals surface area contributed by atoms with Gasteiger partial charge in [0.25, 0.3) is 5.91 Å². The van der Waals surface area contributed by atoms with Crippen LogP contribution in [0.2, 0.25) is 0 Å². The Kier molecular flexibility index (Phi) is 4.03. The summed E-state index contributed by atoms with van der Waals surface area (Å²) in [6.07, 6.45) is 9.25. The van der Waals surface area contributed by atoms with Crippen LogP contribution in [0.5, 0.6) is 0 Å². The summed E-state index contributed by atoms with van der Waals surface area (Å²) >= 11 is 1.50. The van der Waals surface area contributed by atoms with Crippen molar-refractivity contribution in [1.82, 2.24) is 15.5 Å². The van der Waals surface area contributed by atoms with Crippen LogP contribution in [0.4, 0.5) is 5.13 Å². The predicted octanol–water partition coefficient (Wildman–Crippen LogP) is 2.97. The third kappa shape index (κ3) is 3.16. The SMILES string of the molecule is O=C(CNC(=O)c1ccco1)Nc1nnc(C23CC4CC(CC(C4)C2)C3)s1. The number of aromatic nitrogens is 2. The van der Waals surface area contributed by atoms with Crippen molar-refractivity contribution in [1.29, 1.82) is 0 Å². The summed E-state index contributed by atoms with van der Waals surface area (Å²) in [5.74, 6) is 1.98. The summed E-state index contributed by atoms with van der Waals surface area (Å²) < 4.78 is 5.00. The molecule has 7 nitrogen and oxygen atoms in total. The molecule has 0 aliphatic heterocycles. The van der Waals surface area contributed by atoms with E-state index < -0.39 is 5.91 Å². The molecule has 8 heteroatoms. The lowest BCUT2D eigenvalue weighted by molar-refractivity contribution is -0.115. The molecule has 142 valence electrons. The number of nitrogens with zero attached hydrogens (tertiary/aromatic N) is 2. The summed E-state index contributed by atoms with van der Waals surface area (Å²) in [6, 6.07) is 3.18. The zero-order valence-electron chi connectivity index (χ0n) is 14.9. The Morgan fingerprint density at radius 2 is 1.85 bits per heavy atom. The molecule has 2 aromatic heterocycles. The standard InChI is InChI=1S/C19H22N4O3S/c24-15(10-20-16(25)14-2-1-3-26-14)21-18-23-22-17(27-18)19-7-11-4-12(8-19)6-13(5-11)9-19/h1-3,11-13H,4-10H2,(H,20,25)(H,21,23,24). The van der Waals surface area contributed by atoms with Gasteiger partial charge in [0.05, 0.1) is 12.8 Å². The van der Waals surface area contributed by atoms with Gasteiger partial charge in [0.15, 0.2) is 5.76 Å². The highest BCUT2D eigenvalue weighted by atomic mass is 32.1. The van der Waals surface area contributed by atoms with E-state index in [4.69, 9.17) is 4.42 Å². The lowest BCUT2D eigenvalue weighted by Gasteiger charge is -2.55. The van der Waals surface area contributed by atoms with Gasteiger partial charge in [0.2, 0.25) is 11.0 Å². The number of carbonyl (C=O) groups is 2. The molecule has 0 saturated heterocycles. The van der Waals surface area contributed by atoms with Gasteiger partial charge in [-0.1, -0.05) is 11.3 Å². The van der Waals surface area contributed by atoms with Crippen LogP contribution >= 0.6 is 11.3 Å². The van der Waals surface area contributed by atoms with Crippen LogP contribution in [-0.4, -0.2) is 28.6 Å². The molecule has 0 aromatic carbocycles. The molecule has 0 radical (unpaired) electrons. The number of amides is 2. The Labute approximate surface area is 160 Å². The average Bonchev–Trinajstić information content (AvgIpc) is 3.31. The van der Waals surface area contributed by atoms with Gasteiger partial charge in [-0.05, 0) is 68.4 Å². The fourth-order valence-corrected chi connectivity index (χ4v) is 6.66. The maximum atomic E-state index is 12.1. The van der Waals surface area contributed by atoms with E-state index in [1.54, 1.807) is 12.1 Å². The fourth-order valence-electron chi connectivity index (χ4n) is 5.68. The topological polar surface area (TPSA) is 97.1 Å². The number of rotatable bonds is 5. The largest absolute Gasteiger partial charge is 0.459 e. The van der Waals surface area contributed by atoms with E-state index in [0.717, 1.165) is 22.8 Å². The Bertz CT molecular complexity index is 825. The van der Waals surface area contributed by atoms with Gasteiger partial charge in [-0.3, -0.25) is 14.9 Å². The highest BCUT2D eigenvalue weighted by Gasteiger charge is 2.53. The van der Waals surface area contributed by atoms with Crippen LogP contribution in [0.15, 0.2) is 22.8 Å². The predicted molar refractivity (Wildman–Crippen MR) is 99.4 cm³/mol. The van der Waals surface area contributed by atoms with E-state index >= 15 is 0 Å². The molecule has 2 N–H and O–H groups in total. The second-order valence-corrected chi connectivity index (χ2v) is 9.30. The fraction of sp³-hybridized carbons (Fsp3) is 0.579. The van der Waals surface area contributed by atoms with E-state index in [1.165, 1.54) is 56.1 Å². The molecular formula is C19H22N4O3S. The second kappa shape index (κ2) is 6.44. The smallest absolute Gasteiger partial charge is 0.287 e. The van der Waals surface area contributed by atoms with E-state index in [0.29, 0.717) is 5.13 Å². The first-order valence-corrected chi connectivity index (χ1v) is 10.4. The molecule has 27 heavy (non-hydrogen) atoms. The summed E-state index contributed by atoms with van der Waals surface area (Å²) in [5, 5.41) is 15.5. The number of hydrogen-bond acceptors (Lipinski definition) is 6. The second-order valence-electron chi connectivity index (χ2n) is 8.32. The Morgan fingerprint density at radius 1 is 1.15 bits per heavy atom. The Morgan fingerprint density at radius 3 is 2.48 bits per heavy atom. The Hall–Kier alpha value is -2.22. The maximum Gasteiger partial charge on any atom is 0.287 e. The molecule has 4 bridgehead atoms. The third-order valence-electron chi connectivity index (χ3n) is 6.32. The van der Waals surface area contributed by atoms with Crippen molar-refractivity contribution in [2.45, 2.75) is 43.9 Å². The van der Waals surface area contributed by atoms with E-state index in [9.17, 15) is 9.59 Å². The van der Waals surface area contributed by atoms with Crippen LogP contribution in [0.25, 0.3) is 0 Å². The minimum absolute atomic E-state index is 0.133. The van der Waals surface area contributed by atoms with Gasteiger partial charge in [0.1, 0.15) is 5.01 Å². The van der Waals surface area contributed by atoms with Gasteiger partial charge in [-0.2, -0.15) is 0 Å². The minimum Gasteiger partial charge on any atom is -0.459 e. The van der Waals surface area contributed by atoms with Crippen LogP contribution in [0, 0.1) is 17.8 Å². The first kappa shape index (κ1) is 16.9. The molecular weight excluding hydrogens is 364 g/mol. The summed E-state index contributed by atoms with van der Waals surface area (Å²) in [4.78, 5) is 23.9. The monoisotopic (exact) mass is 386 g/mol. The molecule has 4 saturated carbocycles. The zero-order valence-corrected chi connectivity index (χ0v) is 15.8. The quantitative estimate of drug-likeness (QED) is 0.823. The number of anilines is 1. The van der Waals surface area contributed by atoms with Crippen molar-refractivity contribution in [3.63, 3.8) is 0 Å². The number of furan rings is 1. The zero-order chi connectivity index (χ0) is 18.4. The number of hydrogen-bond donors (Lipinski definition) is 2. The first-order chi connectivity index (χ1) is 13.1. The summed E-state index contributed by atoms with van der Waals surface area (Å²) in [5.41, 5.74) is 0.183. The molecule has 4 aliphatic carbocycles. The van der Waals surface area contributed by atoms with Gasteiger partial charge >= 0.3 is 0 Å². The van der Waals surface area contributed by atoms with Crippen LogP contribution in [0.1, 0.15) is 54.1 Å². The summed E-state index contributed by atoms with van der Waals surface area (Å²) in [6.45, 7) is -0.133. The minimum atomic E-state index is -0.415. The van der Waals surface area contributed by atoms with Crippen LogP contribution in [-0.2, 0) is 10.2 Å². The highest BCUT2D eigenvalue weighted by Crippen LogP contribution is 2.61. The van der Waals surface area contributed by atoms with Crippen molar-refractivity contribution in [2.75, 3.05) is 11.9 Å². The van der Waals surface area contributed by atoms with Crippen molar-refractivity contribution < 1.29 is 14.0 Å². The molecule has 2 heterocycles. The van der Waals surface area contributed by atoms with Gasteiger partial charge in [-0.15, -0.1) is 10.2 Å². The maximum absolute atomic E-state index is 12.1. The number of nitrogens with one attached hydrogen (secondary N) is 2. The van der Waals surface area contributed by atoms with E-state index in [1.807, 2.05) is 0 Å². The van der Waals surface area contributed by atoms with Crippen molar-refractivity contribution in [3.8, 4) is 0 Å². The molecule has 6 rings (SSSR count). The molecule has 0 atom stereocenters. The normalized spacial score (nSPS) is 31.0. The third-order valence-corrected chi connectivity index (χ3v) is 7.40. The highest BCUT2D eigenvalue weighted by molar-refractivity contribution is 7.15. The van der Waals surface area contributed by atoms with Gasteiger partial charge in [-0.25, -0.2) is 0 Å². The molecule has 0 unspecified atom stereocenters. The first-order valence-electron chi connectivity index (χ1n) is 9.55. The molecule has 4 fully saturated rings. The molecule has 2 amide bonds. The van der Waals surface area contributed by atoms with E-state index in [-0.39, 0.29) is 23.6 Å². The summed E-state index contributed by atoms with van der Waals surface area (Å²) in [7, 11) is 0. The van der Waals surface area contributed by atoms with Gasteiger partial charge < -0.3 is 9.73 Å². The molecule has 0 spiro atoms. The molecule has 4 aliphatic rings. The van der Waals surface area contributed by atoms with Crippen LogP contribution in [0.3, 0.4) is 0 Å².